The Labute approximate surface area is 119 Å². The summed E-state index contributed by atoms with van der Waals surface area (Å²) in [6.45, 7) is 0.651. The van der Waals surface area contributed by atoms with E-state index in [0.717, 1.165) is 12.1 Å². The number of hydrogen-bond acceptors (Lipinski definition) is 1. The van der Waals surface area contributed by atoms with Crippen LogP contribution in [0.2, 0.25) is 0 Å². The molecule has 2 aromatic rings. The molecular formula is C18H19NO. The zero-order chi connectivity index (χ0) is 13.5. The van der Waals surface area contributed by atoms with E-state index in [-0.39, 0.29) is 0 Å². The van der Waals surface area contributed by atoms with Gasteiger partial charge in [-0.1, -0.05) is 48.9 Å². The van der Waals surface area contributed by atoms with Crippen LogP contribution in [0.4, 0.5) is 0 Å². The van der Waals surface area contributed by atoms with Crippen LogP contribution in [0.3, 0.4) is 0 Å². The Kier molecular flexibility index (Phi) is 2.76. The first-order valence-corrected chi connectivity index (χ1v) is 7.62. The summed E-state index contributed by atoms with van der Waals surface area (Å²) in [5.74, 6) is 0.884. The number of rotatable bonds is 1. The first kappa shape index (κ1) is 12.0. The largest absolute Gasteiger partial charge is 0.624 e. The second-order valence-electron chi connectivity index (χ2n) is 6.12. The van der Waals surface area contributed by atoms with Crippen LogP contribution >= 0.6 is 0 Å². The lowest BCUT2D eigenvalue weighted by molar-refractivity contribution is -0.452. The normalized spacial score (nSPS) is 26.0. The van der Waals surface area contributed by atoms with Crippen molar-refractivity contribution in [2.45, 2.75) is 31.6 Å². The van der Waals surface area contributed by atoms with Crippen LogP contribution in [0.1, 0.15) is 37.2 Å². The molecule has 0 unspecified atom stereocenters. The van der Waals surface area contributed by atoms with Crippen molar-refractivity contribution in [3.05, 3.63) is 53.2 Å². The monoisotopic (exact) mass is 265 g/mol. The smallest absolute Gasteiger partial charge is 0.167 e. The van der Waals surface area contributed by atoms with Crippen molar-refractivity contribution in [3.8, 4) is 0 Å². The zero-order valence-electron chi connectivity index (χ0n) is 11.6. The van der Waals surface area contributed by atoms with Crippen LogP contribution in [-0.2, 0) is 0 Å². The Morgan fingerprint density at radius 3 is 2.70 bits per heavy atom. The lowest BCUT2D eigenvalue weighted by Gasteiger charge is -2.21. The molecule has 2 aliphatic rings. The van der Waals surface area contributed by atoms with Crippen molar-refractivity contribution in [3.63, 3.8) is 0 Å². The van der Waals surface area contributed by atoms with Gasteiger partial charge in [0, 0.05) is 6.42 Å². The summed E-state index contributed by atoms with van der Waals surface area (Å²) in [5, 5.41) is 14.7. The van der Waals surface area contributed by atoms with Gasteiger partial charge in [-0.15, -0.1) is 0 Å². The second-order valence-corrected chi connectivity index (χ2v) is 6.12. The molecule has 102 valence electrons. The molecule has 1 saturated carbocycles. The van der Waals surface area contributed by atoms with E-state index in [4.69, 9.17) is 0 Å². The summed E-state index contributed by atoms with van der Waals surface area (Å²) in [6, 6.07) is 15.2. The molecule has 1 aliphatic carbocycles. The van der Waals surface area contributed by atoms with Crippen LogP contribution in [0.15, 0.2) is 42.5 Å². The van der Waals surface area contributed by atoms with Gasteiger partial charge in [-0.2, -0.15) is 0 Å². The van der Waals surface area contributed by atoms with Crippen molar-refractivity contribution in [2.24, 2.45) is 5.92 Å². The third kappa shape index (κ3) is 1.82. The minimum Gasteiger partial charge on any atom is -0.624 e. The molecule has 20 heavy (non-hydrogen) atoms. The van der Waals surface area contributed by atoms with Crippen LogP contribution in [-0.4, -0.2) is 17.0 Å². The summed E-state index contributed by atoms with van der Waals surface area (Å²) in [6.07, 6.45) is 4.66. The van der Waals surface area contributed by atoms with Gasteiger partial charge in [0.1, 0.15) is 0 Å². The highest BCUT2D eigenvalue weighted by Crippen LogP contribution is 2.39. The third-order valence-electron chi connectivity index (χ3n) is 5.00. The van der Waals surface area contributed by atoms with Crippen LogP contribution in [0.5, 0.6) is 0 Å². The van der Waals surface area contributed by atoms with Gasteiger partial charge in [0.2, 0.25) is 0 Å². The number of hydrogen-bond donors (Lipinski definition) is 0. The van der Waals surface area contributed by atoms with Crippen LogP contribution < -0.4 is 0 Å². The molecule has 1 aliphatic heterocycles. The van der Waals surface area contributed by atoms with Gasteiger partial charge in [-0.05, 0) is 29.2 Å². The van der Waals surface area contributed by atoms with Gasteiger partial charge < -0.3 is 5.21 Å². The standard InChI is InChI=1S/C18H19NO/c20-19-12-17(16-7-3-4-8-18(16)19)15-10-9-13-5-1-2-6-14(13)11-15/h1-2,5-6,9-11,16-17H,3-4,7-8,12H2/t16-,17-/m0/s1. The average Bonchev–Trinajstić information content (AvgIpc) is 2.85. The average molecular weight is 265 g/mol. The van der Waals surface area contributed by atoms with E-state index in [0.29, 0.717) is 18.4 Å². The minimum atomic E-state index is 0.396. The molecule has 2 atom stereocenters. The SMILES string of the molecule is [O-][N+]1=C2CCCC[C@H]2[C@H](c2ccc3ccccc3c2)C1. The molecule has 1 fully saturated rings. The lowest BCUT2D eigenvalue weighted by atomic mass is 9.77. The van der Waals surface area contributed by atoms with Gasteiger partial charge in [-0.25, -0.2) is 4.74 Å². The van der Waals surface area contributed by atoms with Gasteiger partial charge in [0.05, 0.1) is 11.8 Å². The summed E-state index contributed by atoms with van der Waals surface area (Å²) < 4.78 is 1.28. The Hall–Kier alpha value is -1.83. The molecule has 0 bridgehead atoms. The van der Waals surface area contributed by atoms with E-state index in [1.165, 1.54) is 40.3 Å². The van der Waals surface area contributed by atoms with Crippen molar-refractivity contribution in [1.82, 2.24) is 0 Å². The molecule has 1 heterocycles. The Balaban J connectivity index is 1.73. The molecule has 0 amide bonds. The molecule has 0 aromatic heterocycles. The molecule has 0 N–H and O–H groups in total. The van der Waals surface area contributed by atoms with Gasteiger partial charge in [0.25, 0.3) is 0 Å². The first-order valence-electron chi connectivity index (χ1n) is 7.62. The number of fused-ring (bicyclic) bond motifs is 2. The summed E-state index contributed by atoms with van der Waals surface area (Å²) in [5.41, 5.74) is 2.50. The van der Waals surface area contributed by atoms with E-state index in [2.05, 4.69) is 42.5 Å². The molecule has 2 nitrogen and oxygen atoms in total. The Morgan fingerprint density at radius 2 is 1.80 bits per heavy atom. The number of nitrogens with zero attached hydrogens (tertiary/aromatic N) is 1. The molecule has 2 aromatic carbocycles. The highest BCUT2D eigenvalue weighted by atomic mass is 16.5. The maximum atomic E-state index is 12.1. The van der Waals surface area contributed by atoms with E-state index >= 15 is 0 Å². The van der Waals surface area contributed by atoms with E-state index in [9.17, 15) is 5.21 Å². The Morgan fingerprint density at radius 1 is 0.950 bits per heavy atom. The Bertz CT molecular complexity index is 689. The summed E-state index contributed by atoms with van der Waals surface area (Å²) >= 11 is 0. The maximum absolute atomic E-state index is 12.1. The fourth-order valence-electron chi connectivity index (χ4n) is 3.96. The molecular weight excluding hydrogens is 246 g/mol. The molecule has 4 rings (SSSR count). The number of benzene rings is 2. The lowest BCUT2D eigenvalue weighted by Crippen LogP contribution is -2.22. The van der Waals surface area contributed by atoms with Gasteiger partial charge in [0.15, 0.2) is 12.3 Å². The predicted molar refractivity (Wildman–Crippen MR) is 82.1 cm³/mol. The highest BCUT2D eigenvalue weighted by molar-refractivity contribution is 5.86. The number of hydroxylamine groups is 1. The van der Waals surface area contributed by atoms with Gasteiger partial charge >= 0.3 is 0 Å². The van der Waals surface area contributed by atoms with Crippen molar-refractivity contribution in [1.29, 1.82) is 0 Å². The fraction of sp³-hybridized carbons (Fsp3) is 0.389. The zero-order valence-corrected chi connectivity index (χ0v) is 11.6. The van der Waals surface area contributed by atoms with Crippen molar-refractivity contribution in [2.75, 3.05) is 6.54 Å². The van der Waals surface area contributed by atoms with E-state index < -0.39 is 0 Å². The van der Waals surface area contributed by atoms with Gasteiger partial charge in [-0.3, -0.25) is 0 Å². The first-order chi connectivity index (χ1) is 9.83. The van der Waals surface area contributed by atoms with Crippen LogP contribution in [0, 0.1) is 11.1 Å². The molecule has 0 spiro atoms. The highest BCUT2D eigenvalue weighted by Gasteiger charge is 2.41. The summed E-state index contributed by atoms with van der Waals surface area (Å²) in [7, 11) is 0. The second kappa shape index (κ2) is 4.62. The topological polar surface area (TPSA) is 26.1 Å². The summed E-state index contributed by atoms with van der Waals surface area (Å²) in [4.78, 5) is 0. The minimum absolute atomic E-state index is 0.396. The fourth-order valence-corrected chi connectivity index (χ4v) is 3.96. The van der Waals surface area contributed by atoms with Crippen LogP contribution in [0.25, 0.3) is 10.8 Å². The quantitative estimate of drug-likeness (QED) is 0.563. The van der Waals surface area contributed by atoms with E-state index in [1.807, 2.05) is 0 Å². The molecule has 0 radical (unpaired) electrons. The van der Waals surface area contributed by atoms with Crippen molar-refractivity contribution < 1.29 is 4.74 Å². The van der Waals surface area contributed by atoms with Crippen molar-refractivity contribution >= 4 is 16.5 Å². The predicted octanol–water partition coefficient (Wildman–Crippen LogP) is 4.08. The third-order valence-corrected chi connectivity index (χ3v) is 5.00. The maximum Gasteiger partial charge on any atom is 0.167 e. The molecule has 0 saturated heterocycles. The van der Waals surface area contributed by atoms with E-state index in [1.54, 1.807) is 0 Å². The molecule has 2 heteroatoms.